The van der Waals surface area contributed by atoms with Gasteiger partial charge in [0.1, 0.15) is 0 Å². The molecule has 0 rings (SSSR count). The summed E-state index contributed by atoms with van der Waals surface area (Å²) in [6.45, 7) is 14.2. The molecule has 0 heterocycles. The van der Waals surface area contributed by atoms with E-state index in [2.05, 4.69) is 41.5 Å². The number of rotatable bonds is 9. The van der Waals surface area contributed by atoms with Crippen LogP contribution in [0, 0.1) is 17.8 Å². The fourth-order valence-corrected chi connectivity index (χ4v) is 5.43. The van der Waals surface area contributed by atoms with Gasteiger partial charge in [0, 0.05) is 0 Å². The van der Waals surface area contributed by atoms with Gasteiger partial charge >= 0.3 is 0 Å². The third-order valence-electron chi connectivity index (χ3n) is 2.75. The predicted octanol–water partition coefficient (Wildman–Crippen LogP) is 5.61. The summed E-state index contributed by atoms with van der Waals surface area (Å²) in [5, 5.41) is 0. The Morgan fingerprint density at radius 2 is 1.19 bits per heavy atom. The molecule has 0 nitrogen and oxygen atoms in total. The van der Waals surface area contributed by atoms with E-state index in [0.29, 0.717) is 7.92 Å². The lowest BCUT2D eigenvalue weighted by Gasteiger charge is -2.22. The molecule has 0 aromatic heterocycles. The fraction of sp³-hybridized carbons (Fsp3) is 1.00. The van der Waals surface area contributed by atoms with Crippen molar-refractivity contribution in [2.24, 2.45) is 17.8 Å². The van der Waals surface area contributed by atoms with Crippen LogP contribution in [-0.4, -0.2) is 18.5 Å². The summed E-state index contributed by atoms with van der Waals surface area (Å²) in [5.74, 6) is 2.69. The molecule has 16 heavy (non-hydrogen) atoms. The normalized spacial score (nSPS) is 12.4. The van der Waals surface area contributed by atoms with E-state index in [1.807, 2.05) is 0 Å². The summed E-state index contributed by atoms with van der Waals surface area (Å²) in [5.41, 5.74) is 0. The second kappa shape index (κ2) is 9.46. The van der Waals surface area contributed by atoms with Gasteiger partial charge in [-0.2, -0.15) is 0 Å². The Morgan fingerprint density at radius 3 is 1.56 bits per heavy atom. The Bertz CT molecular complexity index is 140. The highest BCUT2D eigenvalue weighted by atomic mass is 31.1. The van der Waals surface area contributed by atoms with E-state index in [1.54, 1.807) is 0 Å². The number of hydrogen-bond acceptors (Lipinski definition) is 0. The molecule has 1 heteroatoms. The van der Waals surface area contributed by atoms with Crippen LogP contribution in [0.4, 0.5) is 0 Å². The minimum Gasteiger partial charge on any atom is -0.106 e. The van der Waals surface area contributed by atoms with Crippen LogP contribution >= 0.6 is 7.92 Å². The van der Waals surface area contributed by atoms with E-state index >= 15 is 0 Å². The van der Waals surface area contributed by atoms with E-state index in [4.69, 9.17) is 0 Å². The monoisotopic (exact) mass is 244 g/mol. The summed E-state index contributed by atoms with van der Waals surface area (Å²) < 4.78 is 0. The molecule has 0 amide bonds. The molecule has 98 valence electrons. The molecule has 0 N–H and O–H groups in total. The van der Waals surface area contributed by atoms with Crippen molar-refractivity contribution in [2.45, 2.75) is 60.8 Å². The molecule has 0 bridgehead atoms. The highest BCUT2D eigenvalue weighted by Gasteiger charge is 2.11. The van der Waals surface area contributed by atoms with E-state index < -0.39 is 0 Å². The topological polar surface area (TPSA) is 0 Å². The van der Waals surface area contributed by atoms with Gasteiger partial charge in [0.2, 0.25) is 0 Å². The second-order valence-corrected chi connectivity index (χ2v) is 8.96. The van der Waals surface area contributed by atoms with Gasteiger partial charge in [-0.3, -0.25) is 0 Å². The third kappa shape index (κ3) is 10.9. The van der Waals surface area contributed by atoms with Crippen LogP contribution in [0.15, 0.2) is 0 Å². The van der Waals surface area contributed by atoms with Crippen molar-refractivity contribution in [1.29, 1.82) is 0 Å². The van der Waals surface area contributed by atoms with Crippen LogP contribution in [0.25, 0.3) is 0 Å². The summed E-state index contributed by atoms with van der Waals surface area (Å²) in [6, 6.07) is 0. The Morgan fingerprint density at radius 1 is 0.688 bits per heavy atom. The Labute approximate surface area is 105 Å². The SMILES string of the molecule is CC(C)CCCCP(CC(C)C)CC(C)C. The predicted molar refractivity (Wildman–Crippen MR) is 79.9 cm³/mol. The van der Waals surface area contributed by atoms with Crippen LogP contribution in [0.1, 0.15) is 60.8 Å². The zero-order valence-electron chi connectivity index (χ0n) is 12.4. The minimum absolute atomic E-state index is 0.330. The summed E-state index contributed by atoms with van der Waals surface area (Å²) in [7, 11) is 0.330. The number of unbranched alkanes of at least 4 members (excludes halogenated alkanes) is 1. The molecule has 0 unspecified atom stereocenters. The molecule has 0 aromatic carbocycles. The van der Waals surface area contributed by atoms with Gasteiger partial charge in [-0.1, -0.05) is 54.4 Å². The minimum atomic E-state index is 0.330. The van der Waals surface area contributed by atoms with E-state index in [1.165, 1.54) is 37.7 Å². The van der Waals surface area contributed by atoms with E-state index in [-0.39, 0.29) is 0 Å². The van der Waals surface area contributed by atoms with Gasteiger partial charge in [-0.05, 0) is 42.7 Å². The van der Waals surface area contributed by atoms with Crippen LogP contribution in [0.2, 0.25) is 0 Å². The average molecular weight is 244 g/mol. The molecule has 0 fully saturated rings. The smallest absolute Gasteiger partial charge is 0.0303 e. The van der Waals surface area contributed by atoms with E-state index in [0.717, 1.165) is 17.8 Å². The van der Waals surface area contributed by atoms with Crippen LogP contribution in [-0.2, 0) is 0 Å². The molecular formula is C15H33P. The second-order valence-electron chi connectivity index (χ2n) is 6.44. The van der Waals surface area contributed by atoms with Crippen molar-refractivity contribution in [2.75, 3.05) is 18.5 Å². The maximum Gasteiger partial charge on any atom is -0.0303 e. The molecular weight excluding hydrogens is 211 g/mol. The molecule has 0 saturated heterocycles. The molecule has 0 aromatic rings. The molecule has 0 aliphatic carbocycles. The average Bonchev–Trinajstić information content (AvgIpc) is 2.09. The summed E-state index contributed by atoms with van der Waals surface area (Å²) >= 11 is 0. The highest BCUT2D eigenvalue weighted by molar-refractivity contribution is 7.57. The zero-order chi connectivity index (χ0) is 12.6. The van der Waals surface area contributed by atoms with Gasteiger partial charge in [-0.15, -0.1) is 7.92 Å². The summed E-state index contributed by atoms with van der Waals surface area (Å²) in [4.78, 5) is 0. The van der Waals surface area contributed by atoms with Crippen molar-refractivity contribution in [1.82, 2.24) is 0 Å². The lowest BCUT2D eigenvalue weighted by molar-refractivity contribution is 0.550. The van der Waals surface area contributed by atoms with Crippen molar-refractivity contribution in [3.8, 4) is 0 Å². The van der Waals surface area contributed by atoms with Gasteiger partial charge < -0.3 is 0 Å². The Kier molecular flexibility index (Phi) is 9.71. The van der Waals surface area contributed by atoms with Crippen LogP contribution in [0.3, 0.4) is 0 Å². The van der Waals surface area contributed by atoms with Gasteiger partial charge in [0.05, 0.1) is 0 Å². The first-order chi connectivity index (χ1) is 7.41. The largest absolute Gasteiger partial charge is 0.106 e. The van der Waals surface area contributed by atoms with Crippen molar-refractivity contribution in [3.05, 3.63) is 0 Å². The molecule has 0 aliphatic heterocycles. The Balaban J connectivity index is 3.73. The molecule has 0 spiro atoms. The maximum absolute atomic E-state index is 2.38. The lowest BCUT2D eigenvalue weighted by Crippen LogP contribution is -2.05. The van der Waals surface area contributed by atoms with E-state index in [9.17, 15) is 0 Å². The van der Waals surface area contributed by atoms with Crippen molar-refractivity contribution >= 4 is 7.92 Å². The van der Waals surface area contributed by atoms with Crippen LogP contribution in [0.5, 0.6) is 0 Å². The molecule has 0 radical (unpaired) electrons. The lowest BCUT2D eigenvalue weighted by atomic mass is 10.1. The molecule has 0 saturated carbocycles. The first kappa shape index (κ1) is 16.4. The standard InChI is InChI=1S/C15H33P/c1-13(2)9-7-8-10-16(11-14(3)4)12-15(5)6/h13-15H,7-12H2,1-6H3. The summed E-state index contributed by atoms with van der Waals surface area (Å²) in [6.07, 6.45) is 8.87. The van der Waals surface area contributed by atoms with Gasteiger partial charge in [0.15, 0.2) is 0 Å². The maximum atomic E-state index is 2.38. The highest BCUT2D eigenvalue weighted by Crippen LogP contribution is 2.40. The zero-order valence-corrected chi connectivity index (χ0v) is 13.3. The first-order valence-electron chi connectivity index (χ1n) is 7.14. The van der Waals surface area contributed by atoms with Crippen molar-refractivity contribution in [3.63, 3.8) is 0 Å². The van der Waals surface area contributed by atoms with Gasteiger partial charge in [0.25, 0.3) is 0 Å². The first-order valence-corrected chi connectivity index (χ1v) is 9.03. The third-order valence-corrected chi connectivity index (χ3v) is 6.19. The molecule has 0 atom stereocenters. The molecule has 0 aliphatic rings. The van der Waals surface area contributed by atoms with Crippen molar-refractivity contribution < 1.29 is 0 Å². The Hall–Kier alpha value is 0.430. The fourth-order valence-electron chi connectivity index (χ4n) is 2.18. The number of hydrogen-bond donors (Lipinski definition) is 0. The van der Waals surface area contributed by atoms with Gasteiger partial charge in [-0.25, -0.2) is 0 Å². The van der Waals surface area contributed by atoms with Crippen LogP contribution < -0.4 is 0 Å². The quantitative estimate of drug-likeness (QED) is 0.365.